The fourth-order valence-corrected chi connectivity index (χ4v) is 7.73. The van der Waals surface area contributed by atoms with Crippen LogP contribution in [0.2, 0.25) is 0 Å². The van der Waals surface area contributed by atoms with Crippen molar-refractivity contribution >= 4 is 40.8 Å². The Morgan fingerprint density at radius 1 is 1.19 bits per heavy atom. The minimum absolute atomic E-state index is 0.00475. The molecule has 37 heavy (non-hydrogen) atoms. The molecule has 2 fully saturated rings. The molecule has 9 heteroatoms. The molecule has 1 unspecified atom stereocenters. The quantitative estimate of drug-likeness (QED) is 0.336. The van der Waals surface area contributed by atoms with Crippen LogP contribution in [0.5, 0.6) is 0 Å². The molecule has 4 N–H and O–H groups in total. The monoisotopic (exact) mass is 546 g/mol. The third-order valence-corrected chi connectivity index (χ3v) is 10.3. The second-order valence-electron chi connectivity index (χ2n) is 10.8. The van der Waals surface area contributed by atoms with Gasteiger partial charge >= 0.3 is 6.09 Å². The van der Waals surface area contributed by atoms with E-state index >= 15 is 0 Å². The van der Waals surface area contributed by atoms with E-state index in [9.17, 15) is 19.8 Å². The van der Waals surface area contributed by atoms with Crippen molar-refractivity contribution in [2.75, 3.05) is 18.2 Å². The third kappa shape index (κ3) is 6.00. The van der Waals surface area contributed by atoms with Gasteiger partial charge < -0.3 is 20.3 Å². The number of benzene rings is 1. The highest BCUT2D eigenvalue weighted by Crippen LogP contribution is 2.61. The molecule has 0 radical (unpaired) electrons. The van der Waals surface area contributed by atoms with Gasteiger partial charge in [-0.05, 0) is 78.8 Å². The van der Waals surface area contributed by atoms with Crippen molar-refractivity contribution in [1.29, 1.82) is 0 Å². The molecular formula is C28H38N2O5S2. The van der Waals surface area contributed by atoms with E-state index in [1.54, 1.807) is 23.1 Å². The van der Waals surface area contributed by atoms with Crippen molar-refractivity contribution in [3.8, 4) is 0 Å². The van der Waals surface area contributed by atoms with Gasteiger partial charge in [0.1, 0.15) is 6.10 Å². The topological polar surface area (TPSA) is 108 Å². The van der Waals surface area contributed by atoms with Crippen LogP contribution >= 0.6 is 23.1 Å². The number of anilines is 1. The number of thioether (sulfide) groups is 1. The summed E-state index contributed by atoms with van der Waals surface area (Å²) in [4.78, 5) is 27.9. The summed E-state index contributed by atoms with van der Waals surface area (Å²) in [6.45, 7) is 4.46. The van der Waals surface area contributed by atoms with Crippen LogP contribution in [0, 0.1) is 22.7 Å². The molecule has 202 valence electrons. The molecule has 7 nitrogen and oxygen atoms in total. The van der Waals surface area contributed by atoms with E-state index in [1.807, 2.05) is 55.0 Å². The van der Waals surface area contributed by atoms with Crippen molar-refractivity contribution < 1.29 is 24.5 Å². The van der Waals surface area contributed by atoms with Crippen molar-refractivity contribution in [3.05, 3.63) is 46.7 Å². The first-order valence-corrected chi connectivity index (χ1v) is 15.0. The van der Waals surface area contributed by atoms with Gasteiger partial charge in [0, 0.05) is 27.3 Å². The maximum absolute atomic E-state index is 12.9. The second kappa shape index (κ2) is 11.8. The van der Waals surface area contributed by atoms with E-state index in [0.717, 1.165) is 9.77 Å². The molecule has 1 aromatic carbocycles. The van der Waals surface area contributed by atoms with Gasteiger partial charge in [-0.2, -0.15) is 0 Å². The molecule has 2 amide bonds. The fourth-order valence-electron chi connectivity index (χ4n) is 6.63. The van der Waals surface area contributed by atoms with Crippen LogP contribution in [0.3, 0.4) is 0 Å². The average molecular weight is 547 g/mol. The lowest BCUT2D eigenvalue weighted by Gasteiger charge is -2.60. The lowest BCUT2D eigenvalue weighted by Crippen LogP contribution is -2.61. The first-order valence-electron chi connectivity index (χ1n) is 12.9. The molecule has 0 bridgehead atoms. The van der Waals surface area contributed by atoms with Crippen molar-refractivity contribution in [1.82, 2.24) is 5.32 Å². The summed E-state index contributed by atoms with van der Waals surface area (Å²) in [6, 6.07) is 11.5. The SMILES string of the molecule is CSc1cccc(NC(=O)O[C@@H]2CC[C@]3(C)C(CC[C@@H](O)[C@H]3CC(=O)NCc3cccs3)[C@]2(C)CO)c1. The van der Waals surface area contributed by atoms with Crippen LogP contribution in [0.15, 0.2) is 46.7 Å². The Morgan fingerprint density at radius 3 is 2.70 bits per heavy atom. The summed E-state index contributed by atoms with van der Waals surface area (Å²) in [5.41, 5.74) is -0.381. The van der Waals surface area contributed by atoms with Gasteiger partial charge in [0.05, 0.1) is 19.3 Å². The summed E-state index contributed by atoms with van der Waals surface area (Å²) in [7, 11) is 0. The largest absolute Gasteiger partial charge is 0.445 e. The third-order valence-electron chi connectivity index (χ3n) is 8.69. The molecule has 2 saturated carbocycles. The minimum Gasteiger partial charge on any atom is -0.445 e. The number of thiophene rings is 1. The smallest absolute Gasteiger partial charge is 0.411 e. The zero-order valence-electron chi connectivity index (χ0n) is 21.7. The van der Waals surface area contributed by atoms with Crippen molar-refractivity contribution in [2.45, 2.75) is 69.6 Å². The number of fused-ring (bicyclic) bond motifs is 1. The predicted molar refractivity (Wildman–Crippen MR) is 148 cm³/mol. The molecule has 1 heterocycles. The first-order chi connectivity index (χ1) is 17.7. The highest BCUT2D eigenvalue weighted by atomic mass is 32.2. The van der Waals surface area contributed by atoms with Gasteiger partial charge in [0.15, 0.2) is 0 Å². The highest BCUT2D eigenvalue weighted by molar-refractivity contribution is 7.98. The Hall–Kier alpha value is -2.07. The lowest BCUT2D eigenvalue weighted by molar-refractivity contribution is -0.185. The van der Waals surface area contributed by atoms with E-state index in [2.05, 4.69) is 17.6 Å². The lowest BCUT2D eigenvalue weighted by atomic mass is 9.46. The average Bonchev–Trinajstić information content (AvgIpc) is 3.41. The van der Waals surface area contributed by atoms with Crippen LogP contribution in [0.1, 0.15) is 50.8 Å². The van der Waals surface area contributed by atoms with Gasteiger partial charge in [0.2, 0.25) is 5.91 Å². The first kappa shape index (κ1) is 28.0. The summed E-state index contributed by atoms with van der Waals surface area (Å²) in [5.74, 6) is -0.311. The summed E-state index contributed by atoms with van der Waals surface area (Å²) in [6.07, 6.45) is 3.15. The summed E-state index contributed by atoms with van der Waals surface area (Å²) in [5, 5.41) is 29.4. The molecule has 4 rings (SSSR count). The highest BCUT2D eigenvalue weighted by Gasteiger charge is 2.60. The van der Waals surface area contributed by atoms with Crippen molar-refractivity contribution in [3.63, 3.8) is 0 Å². The number of aliphatic hydroxyl groups excluding tert-OH is 2. The zero-order chi connectivity index (χ0) is 26.6. The molecule has 2 aliphatic carbocycles. The predicted octanol–water partition coefficient (Wildman–Crippen LogP) is 5.28. The number of carbonyl (C=O) groups is 2. The minimum atomic E-state index is -0.683. The zero-order valence-corrected chi connectivity index (χ0v) is 23.4. The van der Waals surface area contributed by atoms with Crippen LogP contribution in [0.25, 0.3) is 0 Å². The molecule has 1 aromatic heterocycles. The van der Waals surface area contributed by atoms with Crippen molar-refractivity contribution in [2.24, 2.45) is 22.7 Å². The molecule has 0 saturated heterocycles. The Balaban J connectivity index is 1.45. The fraction of sp³-hybridized carbons (Fsp3) is 0.571. The number of ether oxygens (including phenoxy) is 1. The van der Waals surface area contributed by atoms with E-state index in [1.165, 1.54) is 0 Å². The van der Waals surface area contributed by atoms with E-state index < -0.39 is 23.7 Å². The molecular weight excluding hydrogens is 508 g/mol. The van der Waals surface area contributed by atoms with Crippen LogP contribution in [-0.2, 0) is 16.1 Å². The summed E-state index contributed by atoms with van der Waals surface area (Å²) < 4.78 is 5.93. The van der Waals surface area contributed by atoms with Gasteiger partial charge in [-0.25, -0.2) is 4.79 Å². The molecule has 2 aromatic rings. The number of nitrogens with one attached hydrogen (secondary N) is 2. The Kier molecular flexibility index (Phi) is 8.89. The number of carbonyl (C=O) groups excluding carboxylic acids is 2. The van der Waals surface area contributed by atoms with E-state index in [4.69, 9.17) is 4.74 Å². The molecule has 2 aliphatic rings. The van der Waals surface area contributed by atoms with E-state index in [0.29, 0.717) is 37.9 Å². The second-order valence-corrected chi connectivity index (χ2v) is 12.7. The van der Waals surface area contributed by atoms with Crippen LogP contribution in [0.4, 0.5) is 10.5 Å². The number of hydrogen-bond acceptors (Lipinski definition) is 7. The normalized spacial score (nSPS) is 31.3. The maximum atomic E-state index is 12.9. The van der Waals surface area contributed by atoms with Gasteiger partial charge in [-0.1, -0.05) is 26.0 Å². The Morgan fingerprint density at radius 2 is 2.00 bits per heavy atom. The molecule has 6 atom stereocenters. The van der Waals surface area contributed by atoms with Gasteiger partial charge in [-0.15, -0.1) is 23.1 Å². The molecule has 0 spiro atoms. The van der Waals surface area contributed by atoms with Crippen LogP contribution < -0.4 is 10.6 Å². The van der Waals surface area contributed by atoms with Gasteiger partial charge in [-0.3, -0.25) is 10.1 Å². The Labute approximate surface area is 227 Å². The standard InChI is InChI=1S/C28H38N2O5S2/c1-27-12-11-24(35-26(34)30-18-6-4-7-19(14-18)36-3)28(2,17-31)23(27)10-9-22(32)21(27)15-25(33)29-16-20-8-5-13-37-20/h4-8,13-14,21-24,31-32H,9-12,15-17H2,1-3H3,(H,29,33)(H,30,34)/t21-,22-,23?,24-,27+,28+/m1/s1. The summed E-state index contributed by atoms with van der Waals surface area (Å²) >= 11 is 3.19. The van der Waals surface area contributed by atoms with Gasteiger partial charge in [0.25, 0.3) is 0 Å². The van der Waals surface area contributed by atoms with Crippen LogP contribution in [-0.4, -0.2) is 47.3 Å². The number of rotatable bonds is 8. The van der Waals surface area contributed by atoms with E-state index in [-0.39, 0.29) is 36.2 Å². The number of aliphatic hydroxyl groups is 2. The maximum Gasteiger partial charge on any atom is 0.411 e. The Bertz CT molecular complexity index is 1080. The number of hydrogen-bond donors (Lipinski definition) is 4. The molecule has 0 aliphatic heterocycles. The number of amides is 2.